The lowest BCUT2D eigenvalue weighted by atomic mass is 10.1. The van der Waals surface area contributed by atoms with Gasteiger partial charge in [0.15, 0.2) is 0 Å². The second-order valence-corrected chi connectivity index (χ2v) is 5.70. The average Bonchev–Trinajstić information content (AvgIpc) is 2.59. The minimum absolute atomic E-state index is 0.223. The Kier molecular flexibility index (Phi) is 9.46. The van der Waals surface area contributed by atoms with Crippen molar-refractivity contribution in [1.82, 2.24) is 10.3 Å². The van der Waals surface area contributed by atoms with Crippen molar-refractivity contribution in [3.8, 4) is 0 Å². The molecule has 1 rings (SSSR count). The highest BCUT2D eigenvalue weighted by atomic mass is 32.1. The third-order valence-corrected chi connectivity index (χ3v) is 3.53. The van der Waals surface area contributed by atoms with E-state index in [1.165, 1.54) is 12.2 Å². The van der Waals surface area contributed by atoms with E-state index >= 15 is 0 Å². The quantitative estimate of drug-likeness (QED) is 0.312. The molecule has 1 amide bonds. The molecule has 5 heteroatoms. The number of carbonyl (C=O) groups is 1. The van der Waals surface area contributed by atoms with Crippen molar-refractivity contribution in [2.24, 2.45) is 0 Å². The Labute approximate surface area is 148 Å². The van der Waals surface area contributed by atoms with Crippen molar-refractivity contribution < 1.29 is 9.18 Å². The normalized spacial score (nSPS) is 13.4. The molecule has 0 spiro atoms. The summed E-state index contributed by atoms with van der Waals surface area (Å²) in [4.78, 5) is 16.1. The SMILES string of the molecule is C/C=C(F)\C=C(/C)CCCNC(=O)/C(S)=C/C=C/c1ccncc1. The maximum Gasteiger partial charge on any atom is 0.257 e. The Bertz CT molecular complexity index is 649. The number of allylic oxidation sites excluding steroid dienone is 6. The molecule has 0 aromatic carbocycles. The maximum absolute atomic E-state index is 13.1. The highest BCUT2D eigenvalue weighted by Crippen LogP contribution is 2.09. The third kappa shape index (κ3) is 8.48. The summed E-state index contributed by atoms with van der Waals surface area (Å²) in [6.07, 6.45) is 13.1. The van der Waals surface area contributed by atoms with Crippen LogP contribution in [0.3, 0.4) is 0 Å². The molecule has 3 nitrogen and oxygen atoms in total. The van der Waals surface area contributed by atoms with Gasteiger partial charge in [0, 0.05) is 18.9 Å². The topological polar surface area (TPSA) is 42.0 Å². The zero-order valence-corrected chi connectivity index (χ0v) is 14.9. The van der Waals surface area contributed by atoms with Crippen LogP contribution in [0, 0.1) is 0 Å². The summed E-state index contributed by atoms with van der Waals surface area (Å²) in [6.45, 7) is 4.05. The minimum atomic E-state index is -0.238. The van der Waals surface area contributed by atoms with Gasteiger partial charge in [0.05, 0.1) is 4.91 Å². The highest BCUT2D eigenvalue weighted by molar-refractivity contribution is 7.85. The molecule has 128 valence electrons. The fourth-order valence-electron chi connectivity index (χ4n) is 1.85. The molecule has 0 radical (unpaired) electrons. The van der Waals surface area contributed by atoms with Gasteiger partial charge in [-0.1, -0.05) is 23.8 Å². The van der Waals surface area contributed by atoms with Gasteiger partial charge < -0.3 is 5.32 Å². The van der Waals surface area contributed by atoms with Gasteiger partial charge >= 0.3 is 0 Å². The predicted molar refractivity (Wildman–Crippen MR) is 101 cm³/mol. The first-order valence-corrected chi connectivity index (χ1v) is 8.22. The number of nitrogens with zero attached hydrogens (tertiary/aromatic N) is 1. The summed E-state index contributed by atoms with van der Waals surface area (Å²) in [5, 5.41) is 2.79. The number of thiol groups is 1. The van der Waals surface area contributed by atoms with Gasteiger partial charge in [-0.15, -0.1) is 12.6 Å². The van der Waals surface area contributed by atoms with Crippen molar-refractivity contribution in [3.63, 3.8) is 0 Å². The number of aromatic nitrogens is 1. The average molecular weight is 346 g/mol. The van der Waals surface area contributed by atoms with E-state index in [2.05, 4.69) is 22.9 Å². The molecule has 1 N–H and O–H groups in total. The van der Waals surface area contributed by atoms with Crippen LogP contribution >= 0.6 is 12.6 Å². The zero-order chi connectivity index (χ0) is 17.8. The second kappa shape index (κ2) is 11.4. The Morgan fingerprint density at radius 3 is 2.75 bits per heavy atom. The fourth-order valence-corrected chi connectivity index (χ4v) is 2.02. The minimum Gasteiger partial charge on any atom is -0.352 e. The molecule has 1 heterocycles. The first-order chi connectivity index (χ1) is 11.5. The summed E-state index contributed by atoms with van der Waals surface area (Å²) in [5.41, 5.74) is 1.94. The van der Waals surface area contributed by atoms with Crippen LogP contribution in [0.5, 0.6) is 0 Å². The molecule has 0 bridgehead atoms. The summed E-state index contributed by atoms with van der Waals surface area (Å²) >= 11 is 4.19. The fraction of sp³-hybridized carbons (Fsp3) is 0.263. The molecule has 1 aromatic rings. The number of hydrogen-bond donors (Lipinski definition) is 2. The molecule has 0 saturated carbocycles. The van der Waals surface area contributed by atoms with Crippen LogP contribution in [-0.2, 0) is 4.79 Å². The van der Waals surface area contributed by atoms with E-state index in [1.807, 2.05) is 25.1 Å². The summed E-state index contributed by atoms with van der Waals surface area (Å²) < 4.78 is 13.1. The molecule has 0 saturated heterocycles. The van der Waals surface area contributed by atoms with Gasteiger partial charge in [-0.3, -0.25) is 9.78 Å². The molecule has 24 heavy (non-hydrogen) atoms. The maximum atomic E-state index is 13.1. The van der Waals surface area contributed by atoms with Gasteiger partial charge in [-0.2, -0.15) is 0 Å². The second-order valence-electron chi connectivity index (χ2n) is 5.22. The number of nitrogens with one attached hydrogen (secondary N) is 1. The predicted octanol–water partition coefficient (Wildman–Crippen LogP) is 4.62. The van der Waals surface area contributed by atoms with E-state index in [4.69, 9.17) is 0 Å². The van der Waals surface area contributed by atoms with Crippen LogP contribution in [0.4, 0.5) is 4.39 Å². The van der Waals surface area contributed by atoms with Crippen LogP contribution in [0.1, 0.15) is 32.3 Å². The first kappa shape index (κ1) is 19.9. The van der Waals surface area contributed by atoms with Crippen LogP contribution in [0.15, 0.2) is 65.1 Å². The van der Waals surface area contributed by atoms with Crippen molar-refractivity contribution in [2.75, 3.05) is 6.54 Å². The van der Waals surface area contributed by atoms with Crippen molar-refractivity contribution in [3.05, 3.63) is 70.7 Å². The number of hydrogen-bond acceptors (Lipinski definition) is 3. The Morgan fingerprint density at radius 1 is 1.38 bits per heavy atom. The summed E-state index contributed by atoms with van der Waals surface area (Å²) in [7, 11) is 0. The number of rotatable bonds is 8. The largest absolute Gasteiger partial charge is 0.352 e. The molecular formula is C19H23FN2OS. The molecule has 0 unspecified atom stereocenters. The van der Waals surface area contributed by atoms with Gasteiger partial charge in [0.1, 0.15) is 5.83 Å². The van der Waals surface area contributed by atoms with Crippen LogP contribution in [-0.4, -0.2) is 17.4 Å². The van der Waals surface area contributed by atoms with Crippen LogP contribution in [0.25, 0.3) is 6.08 Å². The monoisotopic (exact) mass is 346 g/mol. The lowest BCUT2D eigenvalue weighted by Crippen LogP contribution is -2.24. The standard InChI is InChI=1S/C19H23FN2OS/c1-3-17(20)14-15(2)6-5-11-22-19(23)18(24)8-4-7-16-9-12-21-13-10-16/h3-4,7-10,12-14,24H,5-6,11H2,1-2H3,(H,22,23)/b7-4+,15-14+,17-3+,18-8-. The number of amides is 1. The lowest BCUT2D eigenvalue weighted by Gasteiger charge is -2.05. The van der Waals surface area contributed by atoms with E-state index in [0.717, 1.165) is 24.0 Å². The van der Waals surface area contributed by atoms with E-state index in [1.54, 1.807) is 31.5 Å². The summed E-state index contributed by atoms with van der Waals surface area (Å²) in [5.74, 6) is -0.461. The van der Waals surface area contributed by atoms with Crippen molar-refractivity contribution in [1.29, 1.82) is 0 Å². The smallest absolute Gasteiger partial charge is 0.257 e. The van der Waals surface area contributed by atoms with Crippen molar-refractivity contribution in [2.45, 2.75) is 26.7 Å². The van der Waals surface area contributed by atoms with E-state index in [-0.39, 0.29) is 11.7 Å². The third-order valence-electron chi connectivity index (χ3n) is 3.18. The van der Waals surface area contributed by atoms with E-state index in [9.17, 15) is 9.18 Å². The molecule has 0 fully saturated rings. The molecular weight excluding hydrogens is 323 g/mol. The summed E-state index contributed by atoms with van der Waals surface area (Å²) in [6, 6.07) is 3.74. The van der Waals surface area contributed by atoms with E-state index < -0.39 is 0 Å². The van der Waals surface area contributed by atoms with Gasteiger partial charge in [-0.05, 0) is 56.5 Å². The molecule has 0 aliphatic heterocycles. The molecule has 0 atom stereocenters. The van der Waals surface area contributed by atoms with Crippen molar-refractivity contribution >= 4 is 24.6 Å². The Morgan fingerprint density at radius 2 is 2.08 bits per heavy atom. The number of pyridine rings is 1. The zero-order valence-electron chi connectivity index (χ0n) is 14.0. The van der Waals surface area contributed by atoms with E-state index in [0.29, 0.717) is 11.4 Å². The van der Waals surface area contributed by atoms with Crippen LogP contribution in [0.2, 0.25) is 0 Å². The molecule has 1 aromatic heterocycles. The lowest BCUT2D eigenvalue weighted by molar-refractivity contribution is -0.116. The van der Waals surface area contributed by atoms with Gasteiger partial charge in [-0.25, -0.2) is 4.39 Å². The number of halogens is 1. The highest BCUT2D eigenvalue weighted by Gasteiger charge is 2.03. The van der Waals surface area contributed by atoms with Crippen LogP contribution < -0.4 is 5.32 Å². The van der Waals surface area contributed by atoms with Gasteiger partial charge in [0.2, 0.25) is 0 Å². The number of carbonyl (C=O) groups excluding carboxylic acids is 1. The van der Waals surface area contributed by atoms with Gasteiger partial charge in [0.25, 0.3) is 5.91 Å². The Hall–Kier alpha value is -2.14. The molecule has 0 aliphatic rings. The Balaban J connectivity index is 2.35. The molecule has 0 aliphatic carbocycles. The first-order valence-electron chi connectivity index (χ1n) is 7.77.